The molecular formula is C13H22F3NO2. The molecule has 0 aromatic carbocycles. The third kappa shape index (κ3) is 5.38. The van der Waals surface area contributed by atoms with E-state index in [1.165, 1.54) is 0 Å². The van der Waals surface area contributed by atoms with Crippen LogP contribution in [0.5, 0.6) is 0 Å². The zero-order valence-electron chi connectivity index (χ0n) is 11.3. The summed E-state index contributed by atoms with van der Waals surface area (Å²) in [6.45, 7) is 3.86. The highest BCUT2D eigenvalue weighted by molar-refractivity contribution is 5.73. The van der Waals surface area contributed by atoms with Crippen LogP contribution in [0.2, 0.25) is 0 Å². The van der Waals surface area contributed by atoms with Crippen LogP contribution >= 0.6 is 0 Å². The molecule has 1 atom stereocenters. The maximum absolute atomic E-state index is 12.5. The molecule has 6 heteroatoms. The van der Waals surface area contributed by atoms with Crippen molar-refractivity contribution in [1.29, 1.82) is 0 Å². The number of hydrogen-bond donors (Lipinski definition) is 2. The van der Waals surface area contributed by atoms with Crippen LogP contribution in [0, 0.1) is 11.8 Å². The van der Waals surface area contributed by atoms with Crippen molar-refractivity contribution in [3.63, 3.8) is 0 Å². The van der Waals surface area contributed by atoms with Gasteiger partial charge in [-0.05, 0) is 38.0 Å². The van der Waals surface area contributed by atoms with Crippen molar-refractivity contribution in [2.24, 2.45) is 11.8 Å². The van der Waals surface area contributed by atoms with Gasteiger partial charge in [0.1, 0.15) is 6.04 Å². The molecule has 2 N–H and O–H groups in total. The fourth-order valence-corrected chi connectivity index (χ4v) is 2.58. The summed E-state index contributed by atoms with van der Waals surface area (Å²) in [6.07, 6.45) is -2.65. The van der Waals surface area contributed by atoms with Gasteiger partial charge in [-0.2, -0.15) is 13.2 Å². The van der Waals surface area contributed by atoms with Crippen LogP contribution in [0.4, 0.5) is 13.2 Å². The zero-order chi connectivity index (χ0) is 14.6. The van der Waals surface area contributed by atoms with Gasteiger partial charge in [0.05, 0.1) is 5.92 Å². The minimum absolute atomic E-state index is 0.0924. The van der Waals surface area contributed by atoms with E-state index in [1.54, 1.807) is 0 Å². The number of carbonyl (C=O) groups is 1. The van der Waals surface area contributed by atoms with Crippen molar-refractivity contribution in [1.82, 2.24) is 5.32 Å². The zero-order valence-corrected chi connectivity index (χ0v) is 11.3. The quantitative estimate of drug-likeness (QED) is 0.813. The molecular weight excluding hydrogens is 259 g/mol. The number of carboxylic acid groups (broad SMARTS) is 1. The Balaban J connectivity index is 2.44. The Morgan fingerprint density at radius 3 is 2.16 bits per heavy atom. The van der Waals surface area contributed by atoms with Gasteiger partial charge in [0.25, 0.3) is 0 Å². The SMILES string of the molecule is CC(C)CC(NC1CCC(C(F)(F)F)CC1)C(=O)O. The Labute approximate surface area is 111 Å². The first kappa shape index (κ1) is 16.3. The highest BCUT2D eigenvalue weighted by Crippen LogP contribution is 2.37. The van der Waals surface area contributed by atoms with Crippen LogP contribution in [-0.4, -0.2) is 29.3 Å². The predicted octanol–water partition coefficient (Wildman–Crippen LogP) is 3.20. The second-order valence-electron chi connectivity index (χ2n) is 5.78. The molecule has 19 heavy (non-hydrogen) atoms. The molecule has 0 aromatic heterocycles. The van der Waals surface area contributed by atoms with Gasteiger partial charge in [0.15, 0.2) is 0 Å². The fraction of sp³-hybridized carbons (Fsp3) is 0.923. The first-order chi connectivity index (χ1) is 8.70. The summed E-state index contributed by atoms with van der Waals surface area (Å²) >= 11 is 0. The van der Waals surface area contributed by atoms with E-state index < -0.39 is 24.1 Å². The summed E-state index contributed by atoms with van der Waals surface area (Å²) in [4.78, 5) is 11.1. The molecule has 0 amide bonds. The van der Waals surface area contributed by atoms with Crippen LogP contribution in [0.3, 0.4) is 0 Å². The minimum atomic E-state index is -4.12. The van der Waals surface area contributed by atoms with Crippen LogP contribution in [0.25, 0.3) is 0 Å². The van der Waals surface area contributed by atoms with Crippen LogP contribution in [-0.2, 0) is 4.79 Å². The highest BCUT2D eigenvalue weighted by Gasteiger charge is 2.41. The number of nitrogens with one attached hydrogen (secondary N) is 1. The molecule has 0 heterocycles. The van der Waals surface area contributed by atoms with E-state index in [0.29, 0.717) is 19.3 Å². The summed E-state index contributed by atoms with van der Waals surface area (Å²) in [5.41, 5.74) is 0. The lowest BCUT2D eigenvalue weighted by Crippen LogP contribution is -2.46. The van der Waals surface area contributed by atoms with Crippen molar-refractivity contribution in [2.45, 2.75) is 64.2 Å². The first-order valence-electron chi connectivity index (χ1n) is 6.75. The molecule has 1 aliphatic carbocycles. The van der Waals surface area contributed by atoms with Gasteiger partial charge in [0, 0.05) is 6.04 Å². The van der Waals surface area contributed by atoms with Crippen molar-refractivity contribution < 1.29 is 23.1 Å². The summed E-state index contributed by atoms with van der Waals surface area (Å²) in [7, 11) is 0. The summed E-state index contributed by atoms with van der Waals surface area (Å²) in [6, 6.07) is -0.772. The lowest BCUT2D eigenvalue weighted by molar-refractivity contribution is -0.183. The Bertz CT molecular complexity index is 297. The lowest BCUT2D eigenvalue weighted by atomic mass is 9.85. The molecule has 0 aliphatic heterocycles. The molecule has 0 radical (unpaired) electrons. The van der Waals surface area contributed by atoms with E-state index in [-0.39, 0.29) is 24.8 Å². The van der Waals surface area contributed by atoms with E-state index in [4.69, 9.17) is 5.11 Å². The molecule has 0 saturated heterocycles. The van der Waals surface area contributed by atoms with E-state index in [1.807, 2.05) is 13.8 Å². The highest BCUT2D eigenvalue weighted by atomic mass is 19.4. The molecule has 0 bridgehead atoms. The smallest absolute Gasteiger partial charge is 0.391 e. The van der Waals surface area contributed by atoms with Crippen molar-refractivity contribution in [2.75, 3.05) is 0 Å². The molecule has 1 unspecified atom stereocenters. The standard InChI is InChI=1S/C13H22F3NO2/c1-8(2)7-11(12(18)19)17-10-5-3-9(4-6-10)13(14,15)16/h8-11,17H,3-7H2,1-2H3,(H,18,19). The topological polar surface area (TPSA) is 49.3 Å². The molecule has 3 nitrogen and oxygen atoms in total. The summed E-state index contributed by atoms with van der Waals surface area (Å²) in [5.74, 6) is -1.91. The number of carboxylic acids is 1. The third-order valence-electron chi connectivity index (χ3n) is 3.63. The minimum Gasteiger partial charge on any atom is -0.480 e. The van der Waals surface area contributed by atoms with E-state index in [0.717, 1.165) is 0 Å². The van der Waals surface area contributed by atoms with E-state index in [9.17, 15) is 18.0 Å². The van der Waals surface area contributed by atoms with Crippen LogP contribution < -0.4 is 5.32 Å². The van der Waals surface area contributed by atoms with Gasteiger partial charge in [-0.1, -0.05) is 13.8 Å². The Morgan fingerprint density at radius 1 is 1.26 bits per heavy atom. The summed E-state index contributed by atoms with van der Waals surface area (Å²) < 4.78 is 37.5. The number of halogens is 3. The average molecular weight is 281 g/mol. The van der Waals surface area contributed by atoms with Gasteiger partial charge in [-0.15, -0.1) is 0 Å². The van der Waals surface area contributed by atoms with E-state index >= 15 is 0 Å². The molecule has 0 spiro atoms. The summed E-state index contributed by atoms with van der Waals surface area (Å²) in [5, 5.41) is 12.1. The van der Waals surface area contributed by atoms with E-state index in [2.05, 4.69) is 5.32 Å². The predicted molar refractivity (Wildman–Crippen MR) is 65.8 cm³/mol. The lowest BCUT2D eigenvalue weighted by Gasteiger charge is -2.32. The van der Waals surface area contributed by atoms with Gasteiger partial charge < -0.3 is 10.4 Å². The van der Waals surface area contributed by atoms with Crippen molar-refractivity contribution in [3.05, 3.63) is 0 Å². The molecule has 112 valence electrons. The second-order valence-corrected chi connectivity index (χ2v) is 5.78. The molecule has 1 rings (SSSR count). The van der Waals surface area contributed by atoms with Crippen molar-refractivity contribution >= 4 is 5.97 Å². The molecule has 1 aliphatic rings. The first-order valence-corrected chi connectivity index (χ1v) is 6.75. The number of alkyl halides is 3. The largest absolute Gasteiger partial charge is 0.480 e. The number of hydrogen-bond acceptors (Lipinski definition) is 2. The Morgan fingerprint density at radius 2 is 1.79 bits per heavy atom. The van der Waals surface area contributed by atoms with Gasteiger partial charge in [-0.3, -0.25) is 4.79 Å². The fourth-order valence-electron chi connectivity index (χ4n) is 2.58. The second kappa shape index (κ2) is 6.59. The molecule has 1 fully saturated rings. The monoisotopic (exact) mass is 281 g/mol. The van der Waals surface area contributed by atoms with Crippen LogP contribution in [0.15, 0.2) is 0 Å². The Hall–Kier alpha value is -0.780. The normalized spacial score (nSPS) is 26.4. The number of aliphatic carboxylic acids is 1. The average Bonchev–Trinajstić information content (AvgIpc) is 2.27. The van der Waals surface area contributed by atoms with Gasteiger partial charge in [-0.25, -0.2) is 0 Å². The molecule has 0 aromatic rings. The van der Waals surface area contributed by atoms with Crippen LogP contribution in [0.1, 0.15) is 46.0 Å². The van der Waals surface area contributed by atoms with Gasteiger partial charge in [0.2, 0.25) is 0 Å². The number of rotatable bonds is 5. The maximum atomic E-state index is 12.5. The van der Waals surface area contributed by atoms with Crippen molar-refractivity contribution in [3.8, 4) is 0 Å². The van der Waals surface area contributed by atoms with Gasteiger partial charge >= 0.3 is 12.1 Å². The maximum Gasteiger partial charge on any atom is 0.391 e. The third-order valence-corrected chi connectivity index (χ3v) is 3.63. The molecule has 1 saturated carbocycles. The Kier molecular flexibility index (Phi) is 5.64.